The van der Waals surface area contributed by atoms with Gasteiger partial charge in [-0.25, -0.2) is 19.0 Å². The van der Waals surface area contributed by atoms with E-state index in [1.165, 1.54) is 12.1 Å². The Morgan fingerprint density at radius 1 is 1.19 bits per heavy atom. The molecule has 1 saturated heterocycles. The van der Waals surface area contributed by atoms with Gasteiger partial charge in [-0.1, -0.05) is 12.1 Å². The maximum atomic E-state index is 13.0. The number of benzene rings is 1. The quantitative estimate of drug-likeness (QED) is 0.647. The summed E-state index contributed by atoms with van der Waals surface area (Å²) in [5.74, 6) is 0.687. The summed E-state index contributed by atoms with van der Waals surface area (Å²) in [5.41, 5.74) is 1.81. The molecule has 6 nitrogen and oxygen atoms in total. The van der Waals surface area contributed by atoms with Gasteiger partial charge in [0.2, 0.25) is 0 Å². The largest absolute Gasteiger partial charge is 0.373 e. The Labute approximate surface area is 159 Å². The number of nitrogens with zero attached hydrogens (tertiary/aromatic N) is 5. The van der Waals surface area contributed by atoms with Crippen LogP contribution in [0.3, 0.4) is 0 Å². The Kier molecular flexibility index (Phi) is 4.86. The highest BCUT2D eigenvalue weighted by molar-refractivity contribution is 9.10. The van der Waals surface area contributed by atoms with E-state index in [0.717, 1.165) is 52.9 Å². The Balaban J connectivity index is 1.40. The van der Waals surface area contributed by atoms with Crippen molar-refractivity contribution in [2.45, 2.75) is 25.6 Å². The van der Waals surface area contributed by atoms with Gasteiger partial charge in [-0.3, -0.25) is 0 Å². The van der Waals surface area contributed by atoms with Crippen LogP contribution >= 0.6 is 15.9 Å². The van der Waals surface area contributed by atoms with E-state index in [9.17, 15) is 4.39 Å². The van der Waals surface area contributed by atoms with E-state index in [4.69, 9.17) is 4.74 Å². The van der Waals surface area contributed by atoms with E-state index in [0.29, 0.717) is 6.61 Å². The van der Waals surface area contributed by atoms with Crippen molar-refractivity contribution in [1.82, 2.24) is 19.7 Å². The predicted molar refractivity (Wildman–Crippen MR) is 100 cm³/mol. The number of piperidine rings is 1. The third-order valence-corrected chi connectivity index (χ3v) is 5.25. The van der Waals surface area contributed by atoms with Crippen LogP contribution in [0.5, 0.6) is 0 Å². The molecule has 136 valence electrons. The number of aromatic nitrogens is 4. The minimum Gasteiger partial charge on any atom is -0.373 e. The molecule has 26 heavy (non-hydrogen) atoms. The van der Waals surface area contributed by atoms with Crippen LogP contribution in [-0.2, 0) is 18.4 Å². The van der Waals surface area contributed by atoms with Gasteiger partial charge in [0, 0.05) is 20.1 Å². The Morgan fingerprint density at radius 3 is 2.65 bits per heavy atom. The third kappa shape index (κ3) is 3.43. The third-order valence-electron chi connectivity index (χ3n) is 4.70. The van der Waals surface area contributed by atoms with Crippen molar-refractivity contribution in [3.8, 4) is 0 Å². The number of rotatable bonds is 4. The van der Waals surface area contributed by atoms with Gasteiger partial charge < -0.3 is 9.64 Å². The van der Waals surface area contributed by atoms with Gasteiger partial charge in [-0.15, -0.1) is 0 Å². The van der Waals surface area contributed by atoms with Crippen LogP contribution in [0.2, 0.25) is 0 Å². The number of ether oxygens (including phenoxy) is 1. The van der Waals surface area contributed by atoms with Crippen LogP contribution in [0, 0.1) is 5.82 Å². The summed E-state index contributed by atoms with van der Waals surface area (Å²) >= 11 is 3.51. The average Bonchev–Trinajstić information content (AvgIpc) is 2.96. The van der Waals surface area contributed by atoms with E-state index in [-0.39, 0.29) is 11.9 Å². The molecule has 4 rings (SSSR count). The fraction of sp³-hybridized carbons (Fsp3) is 0.389. The standard InChI is InChI=1S/C18H19BrFN5O/c1-24-17-15(16(19)23-24)18(22-11-21-17)25-8-6-14(7-9-25)26-10-12-2-4-13(20)5-3-12/h2-5,11,14H,6-10H2,1H3. The molecule has 0 N–H and O–H groups in total. The molecule has 1 fully saturated rings. The fourth-order valence-electron chi connectivity index (χ4n) is 3.30. The number of aryl methyl sites for hydroxylation is 1. The lowest BCUT2D eigenvalue weighted by Gasteiger charge is -2.33. The number of anilines is 1. The van der Waals surface area contributed by atoms with E-state index in [1.807, 2.05) is 7.05 Å². The van der Waals surface area contributed by atoms with Gasteiger partial charge in [0.1, 0.15) is 22.6 Å². The van der Waals surface area contributed by atoms with Crippen molar-refractivity contribution < 1.29 is 9.13 Å². The maximum Gasteiger partial charge on any atom is 0.164 e. The zero-order valence-electron chi connectivity index (χ0n) is 14.4. The zero-order valence-corrected chi connectivity index (χ0v) is 16.0. The van der Waals surface area contributed by atoms with E-state index in [2.05, 4.69) is 35.9 Å². The topological polar surface area (TPSA) is 56.1 Å². The molecule has 3 aromatic rings. The normalized spacial score (nSPS) is 15.7. The molecule has 0 aliphatic carbocycles. The van der Waals surface area contributed by atoms with Gasteiger partial charge in [0.25, 0.3) is 0 Å². The molecule has 3 heterocycles. The van der Waals surface area contributed by atoms with E-state index < -0.39 is 0 Å². The summed E-state index contributed by atoms with van der Waals surface area (Å²) < 4.78 is 21.5. The molecule has 0 unspecified atom stereocenters. The second kappa shape index (κ2) is 7.28. The summed E-state index contributed by atoms with van der Waals surface area (Å²) in [5, 5.41) is 5.33. The highest BCUT2D eigenvalue weighted by Gasteiger charge is 2.24. The van der Waals surface area contributed by atoms with Gasteiger partial charge >= 0.3 is 0 Å². The number of halogens is 2. The Hall–Kier alpha value is -2.06. The van der Waals surface area contributed by atoms with Gasteiger partial charge in [0.15, 0.2) is 5.65 Å². The molecule has 2 aromatic heterocycles. The summed E-state index contributed by atoms with van der Waals surface area (Å²) in [4.78, 5) is 11.1. The van der Waals surface area contributed by atoms with E-state index >= 15 is 0 Å². The summed E-state index contributed by atoms with van der Waals surface area (Å²) in [6.45, 7) is 2.24. The molecule has 0 spiro atoms. The number of hydrogen-bond donors (Lipinski definition) is 0. The molecule has 0 atom stereocenters. The van der Waals surface area contributed by atoms with Crippen LogP contribution in [0.4, 0.5) is 10.2 Å². The molecule has 0 bridgehead atoms. The van der Waals surface area contributed by atoms with Crippen molar-refractivity contribution in [2.75, 3.05) is 18.0 Å². The molecular formula is C18H19BrFN5O. The van der Waals surface area contributed by atoms with Crippen molar-refractivity contribution >= 4 is 32.8 Å². The summed E-state index contributed by atoms with van der Waals surface area (Å²) in [6, 6.07) is 6.46. The monoisotopic (exact) mass is 419 g/mol. The number of fused-ring (bicyclic) bond motifs is 1. The first-order chi connectivity index (χ1) is 12.6. The van der Waals surface area contributed by atoms with Crippen LogP contribution in [0.15, 0.2) is 35.2 Å². The zero-order chi connectivity index (χ0) is 18.1. The first-order valence-corrected chi connectivity index (χ1v) is 9.35. The van der Waals surface area contributed by atoms with Gasteiger partial charge in [-0.05, 0) is 46.5 Å². The number of hydrogen-bond acceptors (Lipinski definition) is 5. The minimum absolute atomic E-state index is 0.200. The molecule has 8 heteroatoms. The average molecular weight is 420 g/mol. The molecule has 0 amide bonds. The second-order valence-electron chi connectivity index (χ2n) is 6.43. The first-order valence-electron chi connectivity index (χ1n) is 8.56. The maximum absolute atomic E-state index is 13.0. The van der Waals surface area contributed by atoms with Crippen molar-refractivity contribution in [2.24, 2.45) is 7.05 Å². The molecule has 1 aliphatic rings. The van der Waals surface area contributed by atoms with Crippen molar-refractivity contribution in [3.05, 3.63) is 46.6 Å². The van der Waals surface area contributed by atoms with Crippen molar-refractivity contribution in [1.29, 1.82) is 0 Å². The highest BCUT2D eigenvalue weighted by Crippen LogP contribution is 2.31. The molecule has 1 aliphatic heterocycles. The SMILES string of the molecule is Cn1nc(Br)c2c(N3CCC(OCc4ccc(F)cc4)CC3)ncnc21. The van der Waals surface area contributed by atoms with Gasteiger partial charge in [0.05, 0.1) is 18.1 Å². The van der Waals surface area contributed by atoms with E-state index in [1.54, 1.807) is 23.1 Å². The lowest BCUT2D eigenvalue weighted by atomic mass is 10.1. The van der Waals surface area contributed by atoms with Crippen LogP contribution in [0.25, 0.3) is 11.0 Å². The molecule has 0 radical (unpaired) electrons. The van der Waals surface area contributed by atoms with Crippen LogP contribution in [0.1, 0.15) is 18.4 Å². The molecule has 1 aromatic carbocycles. The molecular weight excluding hydrogens is 401 g/mol. The smallest absolute Gasteiger partial charge is 0.164 e. The Bertz CT molecular complexity index is 906. The summed E-state index contributed by atoms with van der Waals surface area (Å²) in [6.07, 6.45) is 3.63. The summed E-state index contributed by atoms with van der Waals surface area (Å²) in [7, 11) is 1.87. The van der Waals surface area contributed by atoms with Crippen LogP contribution in [-0.4, -0.2) is 38.9 Å². The predicted octanol–water partition coefficient (Wildman–Crippen LogP) is 3.45. The minimum atomic E-state index is -0.222. The highest BCUT2D eigenvalue weighted by atomic mass is 79.9. The lowest BCUT2D eigenvalue weighted by molar-refractivity contribution is 0.0250. The van der Waals surface area contributed by atoms with Crippen molar-refractivity contribution in [3.63, 3.8) is 0 Å². The fourth-order valence-corrected chi connectivity index (χ4v) is 3.89. The Morgan fingerprint density at radius 2 is 1.92 bits per heavy atom. The molecule has 0 saturated carbocycles. The second-order valence-corrected chi connectivity index (χ2v) is 7.19. The lowest BCUT2D eigenvalue weighted by Crippen LogP contribution is -2.37. The first kappa shape index (κ1) is 17.4. The van der Waals surface area contributed by atoms with Gasteiger partial charge in [-0.2, -0.15) is 5.10 Å². The van der Waals surface area contributed by atoms with Crippen LogP contribution < -0.4 is 4.90 Å².